The van der Waals surface area contributed by atoms with Gasteiger partial charge in [-0.05, 0) is 48.8 Å². The van der Waals surface area contributed by atoms with Gasteiger partial charge in [0.2, 0.25) is 0 Å². The van der Waals surface area contributed by atoms with Crippen molar-refractivity contribution in [3.8, 4) is 11.5 Å². The lowest BCUT2D eigenvalue weighted by Gasteiger charge is -2.58. The predicted octanol–water partition coefficient (Wildman–Crippen LogP) is 3.85. The Morgan fingerprint density at radius 2 is 2.13 bits per heavy atom. The van der Waals surface area contributed by atoms with Crippen LogP contribution in [-0.4, -0.2) is 21.9 Å². The Labute approximate surface area is 138 Å². The van der Waals surface area contributed by atoms with Gasteiger partial charge < -0.3 is 14.9 Å². The van der Waals surface area contributed by atoms with Crippen LogP contribution in [0.1, 0.15) is 57.1 Å². The zero-order chi connectivity index (χ0) is 16.4. The van der Waals surface area contributed by atoms with Crippen LogP contribution in [-0.2, 0) is 11.8 Å². The lowest BCUT2D eigenvalue weighted by Crippen LogP contribution is -2.66. The van der Waals surface area contributed by atoms with Gasteiger partial charge in [-0.1, -0.05) is 39.3 Å². The van der Waals surface area contributed by atoms with Crippen LogP contribution in [0, 0.1) is 5.92 Å². The van der Waals surface area contributed by atoms with Gasteiger partial charge in [0.15, 0.2) is 11.5 Å². The quantitative estimate of drug-likeness (QED) is 0.833. The van der Waals surface area contributed by atoms with Crippen LogP contribution in [0.15, 0.2) is 24.3 Å². The van der Waals surface area contributed by atoms with Crippen molar-refractivity contribution >= 4 is 0 Å². The van der Waals surface area contributed by atoms with Crippen molar-refractivity contribution in [2.24, 2.45) is 5.92 Å². The maximum absolute atomic E-state index is 11.9. The number of phenols is 1. The predicted molar refractivity (Wildman–Crippen MR) is 89.9 cm³/mol. The molecule has 3 nitrogen and oxygen atoms in total. The summed E-state index contributed by atoms with van der Waals surface area (Å²) in [6.45, 7) is 8.58. The number of aliphatic hydroxyl groups is 1. The molecular formula is C20H26O3. The van der Waals surface area contributed by atoms with Crippen LogP contribution in [0.5, 0.6) is 11.5 Å². The van der Waals surface area contributed by atoms with Crippen molar-refractivity contribution in [2.45, 2.75) is 69.5 Å². The molecule has 0 saturated heterocycles. The molecule has 3 aliphatic rings. The summed E-state index contributed by atoms with van der Waals surface area (Å²) in [7, 11) is 0. The first kappa shape index (κ1) is 15.1. The summed E-state index contributed by atoms with van der Waals surface area (Å²) in [6.07, 6.45) is 5.00. The molecule has 4 unspecified atom stereocenters. The van der Waals surface area contributed by atoms with Gasteiger partial charge in [-0.25, -0.2) is 0 Å². The smallest absolute Gasteiger partial charge is 0.166 e. The van der Waals surface area contributed by atoms with E-state index in [1.54, 1.807) is 6.07 Å². The van der Waals surface area contributed by atoms with E-state index in [0.717, 1.165) is 49.7 Å². The highest BCUT2D eigenvalue weighted by atomic mass is 16.5. The Morgan fingerprint density at radius 1 is 1.35 bits per heavy atom. The average molecular weight is 314 g/mol. The molecule has 3 heteroatoms. The number of phenolic OH excluding ortho intramolecular Hbond substituents is 1. The SMILES string of the molecule is C=C1CCC2(O)C(CC)Cc3ccc(O)c4c3C2(CCC)C1O4. The van der Waals surface area contributed by atoms with E-state index < -0.39 is 11.0 Å². The molecule has 2 aliphatic carbocycles. The number of rotatable bonds is 3. The molecule has 4 rings (SSSR count). The van der Waals surface area contributed by atoms with E-state index in [2.05, 4.69) is 20.4 Å². The highest BCUT2D eigenvalue weighted by molar-refractivity contribution is 5.62. The minimum absolute atomic E-state index is 0.193. The standard InChI is InChI=1S/C20H26O3/c1-4-9-19-16-13-6-7-15(21)17(16)23-18(19)12(3)8-10-20(19,22)14(5-2)11-13/h6-7,14,18,21-22H,3-5,8-11H2,1-2H3. The van der Waals surface area contributed by atoms with Crippen molar-refractivity contribution in [2.75, 3.05) is 0 Å². The van der Waals surface area contributed by atoms with E-state index in [9.17, 15) is 10.2 Å². The zero-order valence-corrected chi connectivity index (χ0v) is 14.1. The summed E-state index contributed by atoms with van der Waals surface area (Å²) in [6, 6.07) is 3.77. The Kier molecular flexibility index (Phi) is 3.12. The number of benzene rings is 1. The van der Waals surface area contributed by atoms with Crippen LogP contribution >= 0.6 is 0 Å². The highest BCUT2D eigenvalue weighted by Crippen LogP contribution is 2.65. The molecular weight excluding hydrogens is 288 g/mol. The minimum Gasteiger partial charge on any atom is -0.504 e. The fourth-order valence-corrected chi connectivity index (χ4v) is 5.67. The van der Waals surface area contributed by atoms with Gasteiger partial charge in [0.25, 0.3) is 0 Å². The lowest BCUT2D eigenvalue weighted by atomic mass is 9.48. The molecule has 2 N–H and O–H groups in total. The Hall–Kier alpha value is -1.48. The third-order valence-electron chi connectivity index (χ3n) is 6.60. The molecule has 124 valence electrons. The van der Waals surface area contributed by atoms with Gasteiger partial charge in [-0.2, -0.15) is 0 Å². The molecule has 0 amide bonds. The normalized spacial score (nSPS) is 37.4. The summed E-state index contributed by atoms with van der Waals surface area (Å²) >= 11 is 0. The summed E-state index contributed by atoms with van der Waals surface area (Å²) in [5.41, 5.74) is 2.15. The van der Waals surface area contributed by atoms with Crippen molar-refractivity contribution in [3.05, 3.63) is 35.4 Å². The van der Waals surface area contributed by atoms with Crippen molar-refractivity contribution in [1.82, 2.24) is 0 Å². The average Bonchev–Trinajstić information content (AvgIpc) is 2.89. The van der Waals surface area contributed by atoms with Crippen LogP contribution in [0.3, 0.4) is 0 Å². The third kappa shape index (κ3) is 1.59. The van der Waals surface area contributed by atoms with Crippen molar-refractivity contribution < 1.29 is 14.9 Å². The number of ether oxygens (including phenoxy) is 1. The molecule has 0 aromatic heterocycles. The molecule has 0 radical (unpaired) electrons. The van der Waals surface area contributed by atoms with Crippen molar-refractivity contribution in [1.29, 1.82) is 0 Å². The third-order valence-corrected chi connectivity index (χ3v) is 6.60. The largest absolute Gasteiger partial charge is 0.504 e. The number of hydrogen-bond donors (Lipinski definition) is 2. The molecule has 1 aliphatic heterocycles. The summed E-state index contributed by atoms with van der Waals surface area (Å²) in [5.74, 6) is 1.02. The zero-order valence-electron chi connectivity index (χ0n) is 14.1. The number of hydrogen-bond acceptors (Lipinski definition) is 3. The monoisotopic (exact) mass is 314 g/mol. The van der Waals surface area contributed by atoms with Gasteiger partial charge in [-0.15, -0.1) is 0 Å². The highest BCUT2D eigenvalue weighted by Gasteiger charge is 2.68. The van der Waals surface area contributed by atoms with Gasteiger partial charge >= 0.3 is 0 Å². The second-order valence-electron chi connectivity index (χ2n) is 7.56. The molecule has 4 atom stereocenters. The minimum atomic E-state index is -0.768. The molecule has 0 bridgehead atoms. The van der Waals surface area contributed by atoms with Gasteiger partial charge in [0, 0.05) is 5.56 Å². The van der Waals surface area contributed by atoms with E-state index in [4.69, 9.17) is 4.74 Å². The number of aromatic hydroxyl groups is 1. The summed E-state index contributed by atoms with van der Waals surface area (Å²) < 4.78 is 6.25. The molecule has 1 aromatic rings. The Morgan fingerprint density at radius 3 is 2.83 bits per heavy atom. The van der Waals surface area contributed by atoms with E-state index in [1.165, 1.54) is 5.56 Å². The molecule has 1 saturated carbocycles. The first-order valence-corrected chi connectivity index (χ1v) is 8.91. The van der Waals surface area contributed by atoms with E-state index in [-0.39, 0.29) is 17.8 Å². The first-order valence-electron chi connectivity index (χ1n) is 8.91. The second kappa shape index (κ2) is 4.76. The Bertz CT molecular complexity index is 680. The summed E-state index contributed by atoms with van der Waals surface area (Å²) in [4.78, 5) is 0. The van der Waals surface area contributed by atoms with Crippen LogP contribution in [0.25, 0.3) is 0 Å². The molecule has 0 spiro atoms. The molecule has 1 aromatic carbocycles. The lowest BCUT2D eigenvalue weighted by molar-refractivity contribution is -0.137. The molecule has 23 heavy (non-hydrogen) atoms. The summed E-state index contributed by atoms with van der Waals surface area (Å²) in [5, 5.41) is 22.2. The fourth-order valence-electron chi connectivity index (χ4n) is 5.67. The van der Waals surface area contributed by atoms with Crippen molar-refractivity contribution in [3.63, 3.8) is 0 Å². The van der Waals surface area contributed by atoms with E-state index in [1.807, 2.05) is 6.07 Å². The van der Waals surface area contributed by atoms with Gasteiger partial charge in [0.1, 0.15) is 6.10 Å². The Balaban J connectivity index is 2.06. The first-order chi connectivity index (χ1) is 11.0. The molecule has 1 heterocycles. The van der Waals surface area contributed by atoms with Crippen LogP contribution in [0.2, 0.25) is 0 Å². The van der Waals surface area contributed by atoms with E-state index in [0.29, 0.717) is 5.75 Å². The second-order valence-corrected chi connectivity index (χ2v) is 7.56. The maximum atomic E-state index is 11.9. The molecule has 1 fully saturated rings. The van der Waals surface area contributed by atoms with E-state index >= 15 is 0 Å². The van der Waals surface area contributed by atoms with Gasteiger partial charge in [0.05, 0.1) is 11.0 Å². The van der Waals surface area contributed by atoms with Crippen LogP contribution < -0.4 is 4.74 Å². The maximum Gasteiger partial charge on any atom is 0.166 e. The topological polar surface area (TPSA) is 49.7 Å². The fraction of sp³-hybridized carbons (Fsp3) is 0.600. The van der Waals surface area contributed by atoms with Crippen LogP contribution in [0.4, 0.5) is 0 Å². The van der Waals surface area contributed by atoms with Gasteiger partial charge in [-0.3, -0.25) is 0 Å².